The topological polar surface area (TPSA) is 67.2 Å². The number of phenols is 1. The summed E-state index contributed by atoms with van der Waals surface area (Å²) in [6, 6.07) is 6.44. The number of nitrogens with zero attached hydrogens (tertiary/aromatic N) is 2. The molecule has 1 aromatic heterocycles. The molecule has 5 nitrogen and oxygen atoms in total. The molecule has 0 fully saturated rings. The first kappa shape index (κ1) is 12.6. The largest absolute Gasteiger partial charge is 0.507 e. The Bertz CT molecular complexity index is 588. The van der Waals surface area contributed by atoms with Crippen LogP contribution in [0.1, 0.15) is 16.1 Å². The number of hydrogen-bond donors (Lipinski definition) is 2. The van der Waals surface area contributed by atoms with Gasteiger partial charge in [-0.15, -0.1) is 0 Å². The molecule has 2 rings (SSSR count). The van der Waals surface area contributed by atoms with Gasteiger partial charge in [0.15, 0.2) is 5.82 Å². The lowest BCUT2D eigenvalue weighted by atomic mass is 10.2. The predicted octanol–water partition coefficient (Wildman–Crippen LogP) is 2.45. The summed E-state index contributed by atoms with van der Waals surface area (Å²) in [5.41, 5.74) is 1.14. The summed E-state index contributed by atoms with van der Waals surface area (Å²) in [5.74, 6) is -0.00497. The smallest absolute Gasteiger partial charge is 0.260 e. The van der Waals surface area contributed by atoms with Crippen LogP contribution < -0.4 is 5.32 Å². The van der Waals surface area contributed by atoms with Crippen LogP contribution in [0.2, 0.25) is 0 Å². The Kier molecular flexibility index (Phi) is 3.38. The molecule has 0 aliphatic heterocycles. The van der Waals surface area contributed by atoms with Gasteiger partial charge in [-0.2, -0.15) is 5.10 Å². The molecule has 0 unspecified atom stereocenters. The van der Waals surface area contributed by atoms with Crippen molar-refractivity contribution in [3.8, 4) is 5.75 Å². The van der Waals surface area contributed by atoms with E-state index in [1.807, 2.05) is 6.92 Å². The van der Waals surface area contributed by atoms with Crippen LogP contribution in [-0.2, 0) is 7.05 Å². The van der Waals surface area contributed by atoms with E-state index in [0.29, 0.717) is 5.82 Å². The molecular formula is C12H12BrN3O2. The lowest BCUT2D eigenvalue weighted by Crippen LogP contribution is -2.12. The molecule has 1 aromatic carbocycles. The molecule has 0 radical (unpaired) electrons. The van der Waals surface area contributed by atoms with Crippen molar-refractivity contribution in [2.45, 2.75) is 6.92 Å². The Morgan fingerprint density at radius 1 is 1.44 bits per heavy atom. The predicted molar refractivity (Wildman–Crippen MR) is 71.7 cm³/mol. The maximum atomic E-state index is 12.0. The molecule has 94 valence electrons. The van der Waals surface area contributed by atoms with Crippen molar-refractivity contribution < 1.29 is 9.90 Å². The van der Waals surface area contributed by atoms with Crippen LogP contribution in [0.5, 0.6) is 5.75 Å². The third-order valence-corrected chi connectivity index (χ3v) is 3.05. The molecule has 0 aliphatic carbocycles. The number of rotatable bonds is 2. The number of halogens is 1. The van der Waals surface area contributed by atoms with Crippen molar-refractivity contribution in [2.75, 3.05) is 5.32 Å². The maximum absolute atomic E-state index is 12.0. The number of aromatic nitrogens is 2. The second kappa shape index (κ2) is 4.81. The first-order valence-corrected chi connectivity index (χ1v) is 6.07. The van der Waals surface area contributed by atoms with Crippen LogP contribution in [-0.4, -0.2) is 20.8 Å². The molecule has 2 aromatic rings. The minimum Gasteiger partial charge on any atom is -0.507 e. The van der Waals surface area contributed by atoms with Gasteiger partial charge in [-0.25, -0.2) is 0 Å². The highest BCUT2D eigenvalue weighted by molar-refractivity contribution is 9.10. The van der Waals surface area contributed by atoms with Crippen LogP contribution in [0.25, 0.3) is 0 Å². The van der Waals surface area contributed by atoms with E-state index in [1.165, 1.54) is 6.07 Å². The summed E-state index contributed by atoms with van der Waals surface area (Å²) < 4.78 is 2.39. The third kappa shape index (κ3) is 2.53. The zero-order valence-corrected chi connectivity index (χ0v) is 11.5. The average molecular weight is 310 g/mol. The summed E-state index contributed by atoms with van der Waals surface area (Å²) in [6.45, 7) is 1.89. The van der Waals surface area contributed by atoms with Crippen molar-refractivity contribution in [2.24, 2.45) is 7.05 Å². The van der Waals surface area contributed by atoms with E-state index < -0.39 is 5.91 Å². The normalized spacial score (nSPS) is 10.4. The van der Waals surface area contributed by atoms with Crippen LogP contribution >= 0.6 is 15.9 Å². The fourth-order valence-electron chi connectivity index (χ4n) is 1.50. The Balaban J connectivity index is 2.24. The van der Waals surface area contributed by atoms with Crippen LogP contribution in [0.4, 0.5) is 5.82 Å². The highest BCUT2D eigenvalue weighted by Gasteiger charge is 2.13. The molecule has 0 spiro atoms. The van der Waals surface area contributed by atoms with E-state index in [2.05, 4.69) is 26.3 Å². The number of aryl methyl sites for hydroxylation is 2. The van der Waals surface area contributed by atoms with E-state index in [0.717, 1.165) is 10.2 Å². The van der Waals surface area contributed by atoms with Gasteiger partial charge in [-0.3, -0.25) is 9.48 Å². The van der Waals surface area contributed by atoms with Crippen LogP contribution in [0.15, 0.2) is 28.7 Å². The molecule has 0 atom stereocenters. The fourth-order valence-corrected chi connectivity index (χ4v) is 1.86. The number of hydrogen-bond acceptors (Lipinski definition) is 3. The zero-order chi connectivity index (χ0) is 13.3. The standard InChI is InChI=1S/C12H12BrN3O2/c1-7-5-11(15-16(7)2)14-12(18)9-6-8(13)3-4-10(9)17/h3-6,17H,1-2H3,(H,14,15,18). The van der Waals surface area contributed by atoms with Gasteiger partial charge in [0.1, 0.15) is 5.75 Å². The Morgan fingerprint density at radius 3 is 2.78 bits per heavy atom. The van der Waals surface area contributed by atoms with Gasteiger partial charge in [-0.05, 0) is 25.1 Å². The Hall–Kier alpha value is -1.82. The number of carbonyl (C=O) groups is 1. The first-order valence-electron chi connectivity index (χ1n) is 5.28. The highest BCUT2D eigenvalue weighted by atomic mass is 79.9. The van der Waals surface area contributed by atoms with Crippen LogP contribution in [0.3, 0.4) is 0 Å². The summed E-state index contributed by atoms with van der Waals surface area (Å²) >= 11 is 3.25. The van der Waals surface area contributed by atoms with Crippen molar-refractivity contribution in [3.05, 3.63) is 40.0 Å². The number of amides is 1. The van der Waals surface area contributed by atoms with Gasteiger partial charge in [-0.1, -0.05) is 15.9 Å². The third-order valence-electron chi connectivity index (χ3n) is 2.56. The number of anilines is 1. The van der Waals surface area contributed by atoms with Gasteiger partial charge >= 0.3 is 0 Å². The summed E-state index contributed by atoms with van der Waals surface area (Å²) in [6.07, 6.45) is 0. The molecular weight excluding hydrogens is 298 g/mol. The van der Waals surface area contributed by atoms with E-state index in [4.69, 9.17) is 0 Å². The van der Waals surface area contributed by atoms with E-state index in [9.17, 15) is 9.90 Å². The van der Waals surface area contributed by atoms with Crippen molar-refractivity contribution in [1.29, 1.82) is 0 Å². The molecule has 0 bridgehead atoms. The minimum absolute atomic E-state index is 0.0663. The van der Waals surface area contributed by atoms with E-state index in [1.54, 1.807) is 29.9 Å². The molecule has 0 saturated carbocycles. The average Bonchev–Trinajstić information content (AvgIpc) is 2.61. The van der Waals surface area contributed by atoms with Gasteiger partial charge in [0.25, 0.3) is 5.91 Å². The summed E-state index contributed by atoms with van der Waals surface area (Å²) in [5, 5.41) is 16.4. The lowest BCUT2D eigenvalue weighted by Gasteiger charge is -2.04. The molecule has 0 saturated heterocycles. The molecule has 1 heterocycles. The number of benzene rings is 1. The second-order valence-electron chi connectivity index (χ2n) is 3.91. The highest BCUT2D eigenvalue weighted by Crippen LogP contribution is 2.22. The maximum Gasteiger partial charge on any atom is 0.260 e. The van der Waals surface area contributed by atoms with Gasteiger partial charge < -0.3 is 10.4 Å². The second-order valence-corrected chi connectivity index (χ2v) is 4.83. The molecule has 18 heavy (non-hydrogen) atoms. The molecule has 1 amide bonds. The van der Waals surface area contributed by atoms with Crippen molar-refractivity contribution in [1.82, 2.24) is 9.78 Å². The number of carbonyl (C=O) groups excluding carboxylic acids is 1. The van der Waals surface area contributed by atoms with Crippen LogP contribution in [0, 0.1) is 6.92 Å². The van der Waals surface area contributed by atoms with Crippen molar-refractivity contribution >= 4 is 27.7 Å². The summed E-state index contributed by atoms with van der Waals surface area (Å²) in [7, 11) is 1.79. The number of phenolic OH excluding ortho intramolecular Hbond substituents is 1. The van der Waals surface area contributed by atoms with E-state index in [-0.39, 0.29) is 11.3 Å². The van der Waals surface area contributed by atoms with E-state index >= 15 is 0 Å². The number of nitrogens with one attached hydrogen (secondary N) is 1. The summed E-state index contributed by atoms with van der Waals surface area (Å²) in [4.78, 5) is 12.0. The van der Waals surface area contributed by atoms with Gasteiger partial charge in [0.05, 0.1) is 5.56 Å². The Morgan fingerprint density at radius 2 is 2.17 bits per heavy atom. The quantitative estimate of drug-likeness (QED) is 0.895. The molecule has 2 N–H and O–H groups in total. The Labute approximate surface area is 113 Å². The monoisotopic (exact) mass is 309 g/mol. The van der Waals surface area contributed by atoms with Gasteiger partial charge in [0.2, 0.25) is 0 Å². The molecule has 0 aliphatic rings. The first-order chi connectivity index (χ1) is 8.47. The zero-order valence-electron chi connectivity index (χ0n) is 9.94. The number of aromatic hydroxyl groups is 1. The molecule has 6 heteroatoms. The minimum atomic E-state index is -0.396. The fraction of sp³-hybridized carbons (Fsp3) is 0.167. The SMILES string of the molecule is Cc1cc(NC(=O)c2cc(Br)ccc2O)nn1C. The van der Waals surface area contributed by atoms with Crippen molar-refractivity contribution in [3.63, 3.8) is 0 Å². The lowest BCUT2D eigenvalue weighted by molar-refractivity contribution is 0.102. The van der Waals surface area contributed by atoms with Gasteiger partial charge in [0, 0.05) is 23.3 Å².